The van der Waals surface area contributed by atoms with Crippen LogP contribution in [0.4, 0.5) is 0 Å². The molecule has 0 aliphatic heterocycles. The molecule has 11 aromatic rings. The number of hydrogen-bond donors (Lipinski definition) is 0. The van der Waals surface area contributed by atoms with Crippen LogP contribution in [-0.2, 0) is 7.05 Å². The van der Waals surface area contributed by atoms with Crippen LogP contribution in [0, 0.1) is 0 Å². The van der Waals surface area contributed by atoms with E-state index in [4.69, 9.17) is 9.97 Å². The highest BCUT2D eigenvalue weighted by Gasteiger charge is 2.24. The molecular formula is C51H34N4. The van der Waals surface area contributed by atoms with Gasteiger partial charge in [-0.3, -0.25) is 9.97 Å². The summed E-state index contributed by atoms with van der Waals surface area (Å²) < 4.78 is 4.67. The molecule has 258 valence electrons. The first kappa shape index (κ1) is 31.2. The quantitative estimate of drug-likeness (QED) is 0.184. The van der Waals surface area contributed by atoms with Crippen molar-refractivity contribution < 1.29 is 0 Å². The Morgan fingerprint density at radius 2 is 0.982 bits per heavy atom. The van der Waals surface area contributed by atoms with Gasteiger partial charge in [-0.15, -0.1) is 0 Å². The molecule has 4 aromatic heterocycles. The SMILES string of the molecule is Cn1c2ccc(-c3cnc4c(c3)-c3cccc5ccnc-4c35)cc2c2cc(-c3ccc4c(c3)c3ccccc3n4-c3ccccc3)ccc21.c1ccccc1. The Bertz CT molecular complexity index is 3230. The van der Waals surface area contributed by atoms with Crippen LogP contribution in [0.1, 0.15) is 0 Å². The second-order valence-electron chi connectivity index (χ2n) is 14.3. The summed E-state index contributed by atoms with van der Waals surface area (Å²) in [5, 5.41) is 7.41. The molecule has 0 spiro atoms. The van der Waals surface area contributed by atoms with Crippen LogP contribution in [0.2, 0.25) is 0 Å². The van der Waals surface area contributed by atoms with Crippen molar-refractivity contribution >= 4 is 54.4 Å². The van der Waals surface area contributed by atoms with E-state index in [9.17, 15) is 0 Å². The predicted molar refractivity (Wildman–Crippen MR) is 230 cm³/mol. The van der Waals surface area contributed by atoms with Crippen molar-refractivity contribution in [3.8, 4) is 50.5 Å². The molecule has 0 saturated carbocycles. The van der Waals surface area contributed by atoms with Gasteiger partial charge in [-0.1, -0.05) is 109 Å². The van der Waals surface area contributed by atoms with Crippen LogP contribution in [0.5, 0.6) is 0 Å². The minimum atomic E-state index is 0.968. The zero-order valence-electron chi connectivity index (χ0n) is 30.2. The Labute approximate surface area is 318 Å². The number of fused-ring (bicyclic) bond motifs is 9. The van der Waals surface area contributed by atoms with Gasteiger partial charge in [-0.2, -0.15) is 0 Å². The van der Waals surface area contributed by atoms with Crippen molar-refractivity contribution in [1.82, 2.24) is 19.1 Å². The third-order valence-corrected chi connectivity index (χ3v) is 11.2. The van der Waals surface area contributed by atoms with E-state index in [2.05, 4.69) is 156 Å². The molecule has 0 unspecified atom stereocenters. The summed E-state index contributed by atoms with van der Waals surface area (Å²) in [6.45, 7) is 0. The molecule has 1 aliphatic rings. The molecule has 0 amide bonds. The van der Waals surface area contributed by atoms with Crippen LogP contribution < -0.4 is 0 Å². The Morgan fingerprint density at radius 1 is 0.400 bits per heavy atom. The Balaban J connectivity index is 0.000000539. The first-order valence-corrected chi connectivity index (χ1v) is 18.7. The van der Waals surface area contributed by atoms with Crippen molar-refractivity contribution in [3.63, 3.8) is 0 Å². The maximum atomic E-state index is 4.97. The molecule has 4 nitrogen and oxygen atoms in total. The van der Waals surface area contributed by atoms with Gasteiger partial charge in [0.05, 0.1) is 22.4 Å². The third kappa shape index (κ3) is 4.92. The number of para-hydroxylation sites is 2. The standard InChI is InChI=1S/C45H28N4.C6H6/c1-48-39-17-14-28(29-16-19-42-35(22-29)33-11-5-6-13-41(33)49(42)32-9-3-2-4-10-32)23-36(39)37-24-30(15-18-40(37)48)31-25-38-34-12-7-8-27-20-21-46-45(43(27)34)44(38)47-26-31;1-2-4-6-5-3-1/h2-26H,1H3;1-6H. The van der Waals surface area contributed by atoms with Crippen LogP contribution in [0.15, 0.2) is 188 Å². The van der Waals surface area contributed by atoms with Crippen molar-refractivity contribution in [2.24, 2.45) is 7.05 Å². The molecular weight excluding hydrogens is 669 g/mol. The predicted octanol–water partition coefficient (Wildman–Crippen LogP) is 13.0. The van der Waals surface area contributed by atoms with Crippen LogP contribution in [0.3, 0.4) is 0 Å². The monoisotopic (exact) mass is 702 g/mol. The van der Waals surface area contributed by atoms with Crippen LogP contribution >= 0.6 is 0 Å². The highest BCUT2D eigenvalue weighted by molar-refractivity contribution is 6.15. The Morgan fingerprint density at radius 3 is 1.69 bits per heavy atom. The lowest BCUT2D eigenvalue weighted by molar-refractivity contribution is 1.01. The van der Waals surface area contributed by atoms with E-state index in [0.717, 1.165) is 28.1 Å². The molecule has 0 saturated heterocycles. The number of rotatable bonds is 3. The molecule has 0 bridgehead atoms. The second-order valence-corrected chi connectivity index (χ2v) is 14.3. The topological polar surface area (TPSA) is 35.6 Å². The normalized spacial score (nSPS) is 11.7. The number of pyridine rings is 2. The fourth-order valence-corrected chi connectivity index (χ4v) is 8.62. The average molecular weight is 703 g/mol. The van der Waals surface area contributed by atoms with E-state index >= 15 is 0 Å². The minimum absolute atomic E-state index is 0.968. The maximum absolute atomic E-state index is 4.97. The van der Waals surface area contributed by atoms with Gasteiger partial charge < -0.3 is 9.13 Å². The van der Waals surface area contributed by atoms with E-state index in [-0.39, 0.29) is 0 Å². The molecule has 55 heavy (non-hydrogen) atoms. The fraction of sp³-hybridized carbons (Fsp3) is 0.0196. The highest BCUT2D eigenvalue weighted by Crippen LogP contribution is 2.46. The van der Waals surface area contributed by atoms with Crippen LogP contribution in [0.25, 0.3) is 105 Å². The van der Waals surface area contributed by atoms with Gasteiger partial charge in [-0.25, -0.2) is 0 Å². The van der Waals surface area contributed by atoms with Crippen molar-refractivity contribution in [2.45, 2.75) is 0 Å². The lowest BCUT2D eigenvalue weighted by Gasteiger charge is -2.08. The van der Waals surface area contributed by atoms with Gasteiger partial charge in [0.15, 0.2) is 0 Å². The molecule has 0 fully saturated rings. The molecule has 7 aromatic carbocycles. The zero-order chi connectivity index (χ0) is 36.5. The summed E-state index contributed by atoms with van der Waals surface area (Å²) in [6, 6.07) is 62.8. The second kappa shape index (κ2) is 12.4. The van der Waals surface area contributed by atoms with Crippen molar-refractivity contribution in [2.75, 3.05) is 0 Å². The highest BCUT2D eigenvalue weighted by atomic mass is 15.0. The van der Waals surface area contributed by atoms with E-state index in [1.165, 1.54) is 76.8 Å². The number of benzene rings is 7. The molecule has 4 heterocycles. The number of aryl methyl sites for hydroxylation is 1. The molecule has 12 rings (SSSR count). The average Bonchev–Trinajstić information content (AvgIpc) is 3.87. The zero-order valence-corrected chi connectivity index (χ0v) is 30.2. The first-order valence-electron chi connectivity index (χ1n) is 18.7. The summed E-state index contributed by atoms with van der Waals surface area (Å²) in [5.74, 6) is 0. The minimum Gasteiger partial charge on any atom is -0.344 e. The molecule has 0 N–H and O–H groups in total. The van der Waals surface area contributed by atoms with Gasteiger partial charge in [0.1, 0.15) is 0 Å². The lowest BCUT2D eigenvalue weighted by atomic mass is 9.98. The summed E-state index contributed by atoms with van der Waals surface area (Å²) in [6.07, 6.45) is 3.89. The number of hydrogen-bond acceptors (Lipinski definition) is 2. The molecule has 1 aliphatic carbocycles. The Kier molecular flexibility index (Phi) is 7.04. The summed E-state index contributed by atoms with van der Waals surface area (Å²) in [7, 11) is 2.16. The number of aromatic nitrogens is 4. The lowest BCUT2D eigenvalue weighted by Crippen LogP contribution is -1.92. The van der Waals surface area contributed by atoms with Gasteiger partial charge >= 0.3 is 0 Å². The van der Waals surface area contributed by atoms with E-state index in [1.807, 2.05) is 48.8 Å². The van der Waals surface area contributed by atoms with Crippen molar-refractivity contribution in [1.29, 1.82) is 0 Å². The summed E-state index contributed by atoms with van der Waals surface area (Å²) in [5.41, 5.74) is 15.0. The number of nitrogens with zero attached hydrogens (tertiary/aromatic N) is 4. The van der Waals surface area contributed by atoms with E-state index < -0.39 is 0 Å². The summed E-state index contributed by atoms with van der Waals surface area (Å²) in [4.78, 5) is 9.69. The maximum Gasteiger partial charge on any atom is 0.0977 e. The smallest absolute Gasteiger partial charge is 0.0977 e. The summed E-state index contributed by atoms with van der Waals surface area (Å²) >= 11 is 0. The first-order chi connectivity index (χ1) is 27.2. The Hall–Kier alpha value is -7.30. The fourth-order valence-electron chi connectivity index (χ4n) is 8.62. The van der Waals surface area contributed by atoms with E-state index in [1.54, 1.807) is 0 Å². The van der Waals surface area contributed by atoms with Crippen molar-refractivity contribution in [3.05, 3.63) is 188 Å². The van der Waals surface area contributed by atoms with Gasteiger partial charge in [0, 0.05) is 74.2 Å². The van der Waals surface area contributed by atoms with Gasteiger partial charge in [0.2, 0.25) is 0 Å². The largest absolute Gasteiger partial charge is 0.344 e. The van der Waals surface area contributed by atoms with Gasteiger partial charge in [0.25, 0.3) is 0 Å². The third-order valence-electron chi connectivity index (χ3n) is 11.2. The van der Waals surface area contributed by atoms with Gasteiger partial charge in [-0.05, 0) is 94.4 Å². The molecule has 0 atom stereocenters. The van der Waals surface area contributed by atoms with Crippen LogP contribution in [-0.4, -0.2) is 19.1 Å². The molecule has 4 heteroatoms. The van der Waals surface area contributed by atoms with E-state index in [0.29, 0.717) is 0 Å². The molecule has 0 radical (unpaired) electrons.